The standard InChI is InChI=1S/C16H19N3O/c1-18-11-13(17)10-15(18)16(20)19-9-5-8-14(19)12-6-3-2-4-7-12/h2-4,6-7,10-11,14H,5,8-9,17H2,1H3. The van der Waals surface area contributed by atoms with Crippen LogP contribution in [-0.4, -0.2) is 21.9 Å². The molecule has 2 heterocycles. The fourth-order valence-electron chi connectivity index (χ4n) is 2.98. The van der Waals surface area contributed by atoms with Crippen molar-refractivity contribution in [2.45, 2.75) is 18.9 Å². The van der Waals surface area contributed by atoms with Crippen LogP contribution in [0.15, 0.2) is 42.6 Å². The van der Waals surface area contributed by atoms with Gasteiger partial charge < -0.3 is 15.2 Å². The number of hydrogen-bond acceptors (Lipinski definition) is 2. The molecule has 1 atom stereocenters. The highest BCUT2D eigenvalue weighted by molar-refractivity contribution is 5.94. The minimum Gasteiger partial charge on any atom is -0.397 e. The van der Waals surface area contributed by atoms with Crippen LogP contribution < -0.4 is 5.73 Å². The number of nitrogens with two attached hydrogens (primary N) is 1. The maximum absolute atomic E-state index is 12.7. The summed E-state index contributed by atoms with van der Waals surface area (Å²) in [5, 5.41) is 0. The third kappa shape index (κ3) is 2.18. The van der Waals surface area contributed by atoms with Crippen LogP contribution in [0.25, 0.3) is 0 Å². The van der Waals surface area contributed by atoms with Gasteiger partial charge in [0.2, 0.25) is 0 Å². The normalized spacial score (nSPS) is 18.4. The minimum absolute atomic E-state index is 0.0653. The number of amides is 1. The van der Waals surface area contributed by atoms with Gasteiger partial charge in [-0.2, -0.15) is 0 Å². The van der Waals surface area contributed by atoms with E-state index < -0.39 is 0 Å². The van der Waals surface area contributed by atoms with Gasteiger partial charge in [0.05, 0.1) is 11.7 Å². The molecule has 0 saturated carbocycles. The lowest BCUT2D eigenvalue weighted by Crippen LogP contribution is -2.31. The largest absolute Gasteiger partial charge is 0.397 e. The number of aryl methyl sites for hydroxylation is 1. The molecule has 1 saturated heterocycles. The quantitative estimate of drug-likeness (QED) is 0.911. The van der Waals surface area contributed by atoms with E-state index in [4.69, 9.17) is 5.73 Å². The lowest BCUT2D eigenvalue weighted by atomic mass is 10.0. The Kier molecular flexibility index (Phi) is 3.22. The van der Waals surface area contributed by atoms with E-state index >= 15 is 0 Å². The third-order valence-electron chi connectivity index (χ3n) is 3.94. The predicted octanol–water partition coefficient (Wildman–Crippen LogP) is 2.58. The van der Waals surface area contributed by atoms with Crippen molar-refractivity contribution in [3.05, 3.63) is 53.9 Å². The summed E-state index contributed by atoms with van der Waals surface area (Å²) in [6.45, 7) is 0.809. The molecule has 0 bridgehead atoms. The second-order valence-electron chi connectivity index (χ2n) is 5.34. The van der Waals surface area contributed by atoms with Gasteiger partial charge in [-0.3, -0.25) is 4.79 Å². The molecule has 1 amide bonds. The summed E-state index contributed by atoms with van der Waals surface area (Å²) < 4.78 is 1.80. The van der Waals surface area contributed by atoms with Gasteiger partial charge in [-0.1, -0.05) is 30.3 Å². The van der Waals surface area contributed by atoms with Crippen LogP contribution in [0.2, 0.25) is 0 Å². The highest BCUT2D eigenvalue weighted by Gasteiger charge is 2.31. The van der Waals surface area contributed by atoms with E-state index in [0.717, 1.165) is 19.4 Å². The molecule has 1 aliphatic rings. The number of carbonyl (C=O) groups excluding carboxylic acids is 1. The summed E-state index contributed by atoms with van der Waals surface area (Å²) >= 11 is 0. The molecule has 104 valence electrons. The number of rotatable bonds is 2. The molecule has 20 heavy (non-hydrogen) atoms. The second kappa shape index (κ2) is 5.04. The molecule has 0 radical (unpaired) electrons. The van der Waals surface area contributed by atoms with Gasteiger partial charge in [-0.05, 0) is 24.5 Å². The fraction of sp³-hybridized carbons (Fsp3) is 0.312. The van der Waals surface area contributed by atoms with Gasteiger partial charge in [0.15, 0.2) is 0 Å². The van der Waals surface area contributed by atoms with Gasteiger partial charge in [0.1, 0.15) is 5.69 Å². The Morgan fingerprint density at radius 1 is 1.30 bits per heavy atom. The van der Waals surface area contributed by atoms with E-state index in [2.05, 4.69) is 12.1 Å². The number of aromatic nitrogens is 1. The number of anilines is 1. The summed E-state index contributed by atoms with van der Waals surface area (Å²) in [5.41, 5.74) is 8.27. The Morgan fingerprint density at radius 3 is 2.70 bits per heavy atom. The van der Waals surface area contributed by atoms with E-state index in [0.29, 0.717) is 11.4 Å². The zero-order valence-electron chi connectivity index (χ0n) is 11.6. The van der Waals surface area contributed by atoms with Gasteiger partial charge in [-0.15, -0.1) is 0 Å². The van der Waals surface area contributed by atoms with Crippen molar-refractivity contribution in [1.82, 2.24) is 9.47 Å². The van der Waals surface area contributed by atoms with E-state index in [1.807, 2.05) is 30.1 Å². The van der Waals surface area contributed by atoms with E-state index in [9.17, 15) is 4.79 Å². The van der Waals surface area contributed by atoms with Crippen molar-refractivity contribution in [3.63, 3.8) is 0 Å². The first kappa shape index (κ1) is 12.8. The first-order valence-corrected chi connectivity index (χ1v) is 6.94. The first-order valence-electron chi connectivity index (χ1n) is 6.94. The molecule has 1 unspecified atom stereocenters. The van der Waals surface area contributed by atoms with Crippen LogP contribution in [0.1, 0.15) is 34.9 Å². The Hall–Kier alpha value is -2.23. The summed E-state index contributed by atoms with van der Waals surface area (Å²) in [5.74, 6) is 0.0653. The molecule has 3 rings (SSSR count). The highest BCUT2D eigenvalue weighted by atomic mass is 16.2. The summed E-state index contributed by atoms with van der Waals surface area (Å²) in [4.78, 5) is 14.7. The Morgan fingerprint density at radius 2 is 2.05 bits per heavy atom. The number of nitrogens with zero attached hydrogens (tertiary/aromatic N) is 2. The maximum Gasteiger partial charge on any atom is 0.271 e. The van der Waals surface area contributed by atoms with Crippen molar-refractivity contribution in [2.75, 3.05) is 12.3 Å². The summed E-state index contributed by atoms with van der Waals surface area (Å²) in [7, 11) is 1.86. The maximum atomic E-state index is 12.7. The number of hydrogen-bond donors (Lipinski definition) is 1. The average Bonchev–Trinajstić information content (AvgIpc) is 3.05. The minimum atomic E-state index is 0.0653. The third-order valence-corrected chi connectivity index (χ3v) is 3.94. The molecule has 4 nitrogen and oxygen atoms in total. The van der Waals surface area contributed by atoms with Gasteiger partial charge >= 0.3 is 0 Å². The number of benzene rings is 1. The first-order chi connectivity index (χ1) is 9.66. The second-order valence-corrected chi connectivity index (χ2v) is 5.34. The molecular weight excluding hydrogens is 250 g/mol. The zero-order chi connectivity index (χ0) is 14.1. The molecule has 1 aromatic carbocycles. The lowest BCUT2D eigenvalue weighted by Gasteiger charge is -2.25. The van der Waals surface area contributed by atoms with Crippen molar-refractivity contribution in [3.8, 4) is 0 Å². The fourth-order valence-corrected chi connectivity index (χ4v) is 2.98. The Balaban J connectivity index is 1.89. The molecule has 1 aliphatic heterocycles. The highest BCUT2D eigenvalue weighted by Crippen LogP contribution is 2.33. The van der Waals surface area contributed by atoms with Crippen LogP contribution in [-0.2, 0) is 7.05 Å². The Bertz CT molecular complexity index is 618. The molecular formula is C16H19N3O. The van der Waals surface area contributed by atoms with Crippen LogP contribution in [0.4, 0.5) is 5.69 Å². The van der Waals surface area contributed by atoms with E-state index in [1.165, 1.54) is 5.56 Å². The summed E-state index contributed by atoms with van der Waals surface area (Å²) in [6, 6.07) is 12.2. The number of nitrogen functional groups attached to an aromatic ring is 1. The average molecular weight is 269 g/mol. The van der Waals surface area contributed by atoms with Gasteiger partial charge in [-0.25, -0.2) is 0 Å². The summed E-state index contributed by atoms with van der Waals surface area (Å²) in [6.07, 6.45) is 3.85. The lowest BCUT2D eigenvalue weighted by molar-refractivity contribution is 0.0726. The molecule has 1 aromatic heterocycles. The molecule has 4 heteroatoms. The van der Waals surface area contributed by atoms with Crippen LogP contribution in [0.5, 0.6) is 0 Å². The number of carbonyl (C=O) groups is 1. The van der Waals surface area contributed by atoms with Crippen molar-refractivity contribution in [2.24, 2.45) is 7.05 Å². The smallest absolute Gasteiger partial charge is 0.271 e. The van der Waals surface area contributed by atoms with E-state index in [-0.39, 0.29) is 11.9 Å². The number of likely N-dealkylation sites (tertiary alicyclic amines) is 1. The van der Waals surface area contributed by atoms with Gasteiger partial charge in [0, 0.05) is 19.8 Å². The predicted molar refractivity (Wildman–Crippen MR) is 79.3 cm³/mol. The van der Waals surface area contributed by atoms with Crippen molar-refractivity contribution >= 4 is 11.6 Å². The molecule has 1 fully saturated rings. The van der Waals surface area contributed by atoms with E-state index in [1.54, 1.807) is 16.8 Å². The monoisotopic (exact) mass is 269 g/mol. The molecule has 2 aromatic rings. The Labute approximate surface area is 118 Å². The van der Waals surface area contributed by atoms with Crippen molar-refractivity contribution in [1.29, 1.82) is 0 Å². The SMILES string of the molecule is Cn1cc(N)cc1C(=O)N1CCCC1c1ccccc1. The molecule has 0 spiro atoms. The van der Waals surface area contributed by atoms with Crippen molar-refractivity contribution < 1.29 is 4.79 Å². The van der Waals surface area contributed by atoms with Crippen LogP contribution in [0.3, 0.4) is 0 Å². The topological polar surface area (TPSA) is 51.3 Å². The molecule has 2 N–H and O–H groups in total. The van der Waals surface area contributed by atoms with Gasteiger partial charge in [0.25, 0.3) is 5.91 Å². The molecule has 0 aliphatic carbocycles. The van der Waals surface area contributed by atoms with Crippen LogP contribution >= 0.6 is 0 Å². The zero-order valence-corrected chi connectivity index (χ0v) is 11.6. The van der Waals surface area contributed by atoms with Crippen LogP contribution in [0, 0.1) is 0 Å².